The largest absolute Gasteiger partial charge is 0.297 e. The molecule has 1 N–H and O–H groups in total. The summed E-state index contributed by atoms with van der Waals surface area (Å²) in [4.78, 5) is 12.0. The molecule has 0 spiro atoms. The van der Waals surface area contributed by atoms with Gasteiger partial charge in [-0.1, -0.05) is 0 Å². The van der Waals surface area contributed by atoms with E-state index in [0.717, 1.165) is 31.2 Å². The summed E-state index contributed by atoms with van der Waals surface area (Å²) in [6.45, 7) is 0.651. The Balaban J connectivity index is 1.87. The number of nitrogens with zero attached hydrogens (tertiary/aromatic N) is 3. The molecule has 0 bridgehead atoms. The predicted molar refractivity (Wildman–Crippen MR) is 67.2 cm³/mol. The van der Waals surface area contributed by atoms with E-state index >= 15 is 0 Å². The Kier molecular flexibility index (Phi) is 3.36. The first-order valence-corrected chi connectivity index (χ1v) is 6.45. The second-order valence-electron chi connectivity index (χ2n) is 4.73. The maximum absolute atomic E-state index is 13.6. The van der Waals surface area contributed by atoms with E-state index in [1.54, 1.807) is 4.57 Å². The van der Waals surface area contributed by atoms with Gasteiger partial charge in [0.05, 0.1) is 5.56 Å². The van der Waals surface area contributed by atoms with Crippen LogP contribution in [0.3, 0.4) is 0 Å². The zero-order chi connectivity index (χ0) is 15.0. The average molecular weight is 296 g/mol. The summed E-state index contributed by atoms with van der Waals surface area (Å²) in [6, 6.07) is 1.59. The van der Waals surface area contributed by atoms with Gasteiger partial charge in [0.25, 0.3) is 5.91 Å². The third-order valence-electron chi connectivity index (χ3n) is 3.36. The Morgan fingerprint density at radius 2 is 1.95 bits per heavy atom. The lowest BCUT2D eigenvalue weighted by Crippen LogP contribution is -2.20. The van der Waals surface area contributed by atoms with E-state index in [1.165, 1.54) is 0 Å². The van der Waals surface area contributed by atoms with Crippen LogP contribution in [0.2, 0.25) is 0 Å². The molecule has 1 aromatic carbocycles. The molecule has 1 amide bonds. The average Bonchev–Trinajstić information content (AvgIpc) is 2.88. The molecular formula is C13H11F3N4O. The first kappa shape index (κ1) is 13.6. The molecule has 8 heteroatoms. The van der Waals surface area contributed by atoms with Gasteiger partial charge in [-0.2, -0.15) is 0 Å². The number of halogens is 3. The monoisotopic (exact) mass is 296 g/mol. The number of amides is 1. The van der Waals surface area contributed by atoms with Crippen molar-refractivity contribution >= 4 is 11.9 Å². The van der Waals surface area contributed by atoms with Crippen molar-refractivity contribution in [2.24, 2.45) is 0 Å². The van der Waals surface area contributed by atoms with Crippen molar-refractivity contribution in [3.63, 3.8) is 0 Å². The van der Waals surface area contributed by atoms with E-state index in [-0.39, 0.29) is 5.95 Å². The molecule has 1 aliphatic heterocycles. The van der Waals surface area contributed by atoms with E-state index in [2.05, 4.69) is 15.5 Å². The number of anilines is 1. The molecule has 2 aromatic rings. The molecule has 0 radical (unpaired) electrons. The first-order chi connectivity index (χ1) is 10.1. The molecule has 0 atom stereocenters. The van der Waals surface area contributed by atoms with Crippen LogP contribution in [0.25, 0.3) is 0 Å². The quantitative estimate of drug-likeness (QED) is 0.865. The molecule has 21 heavy (non-hydrogen) atoms. The third kappa shape index (κ3) is 2.37. The second-order valence-corrected chi connectivity index (χ2v) is 4.73. The summed E-state index contributed by atoms with van der Waals surface area (Å²) in [5, 5.41) is 10.1. The molecule has 0 saturated carbocycles. The lowest BCUT2D eigenvalue weighted by molar-refractivity contribution is 0.102. The predicted octanol–water partition coefficient (Wildman–Crippen LogP) is 2.28. The smallest absolute Gasteiger partial charge is 0.261 e. The first-order valence-electron chi connectivity index (χ1n) is 6.45. The van der Waals surface area contributed by atoms with Crippen LogP contribution in [0.15, 0.2) is 12.1 Å². The zero-order valence-electron chi connectivity index (χ0n) is 10.9. The van der Waals surface area contributed by atoms with Gasteiger partial charge in [0.1, 0.15) is 5.82 Å². The van der Waals surface area contributed by atoms with Crippen LogP contribution in [-0.2, 0) is 13.0 Å². The highest BCUT2D eigenvalue weighted by Crippen LogP contribution is 2.19. The van der Waals surface area contributed by atoms with Crippen molar-refractivity contribution in [2.45, 2.75) is 25.8 Å². The highest BCUT2D eigenvalue weighted by atomic mass is 19.2. The maximum Gasteiger partial charge on any atom is 0.261 e. The highest BCUT2D eigenvalue weighted by molar-refractivity contribution is 6.03. The minimum absolute atomic E-state index is 0.179. The summed E-state index contributed by atoms with van der Waals surface area (Å²) in [5.41, 5.74) is -0.581. The van der Waals surface area contributed by atoms with Crippen LogP contribution >= 0.6 is 0 Å². The Bertz CT molecular complexity index is 714. The minimum atomic E-state index is -1.68. The second kappa shape index (κ2) is 5.19. The lowest BCUT2D eigenvalue weighted by Gasteiger charge is -2.14. The molecule has 1 aliphatic rings. The van der Waals surface area contributed by atoms with Crippen molar-refractivity contribution in [3.05, 3.63) is 41.0 Å². The van der Waals surface area contributed by atoms with Crippen molar-refractivity contribution in [1.29, 1.82) is 0 Å². The number of aryl methyl sites for hydroxylation is 1. The van der Waals surface area contributed by atoms with Gasteiger partial charge in [0, 0.05) is 13.0 Å². The molecule has 5 nitrogen and oxygen atoms in total. The molecule has 0 fully saturated rings. The number of benzene rings is 1. The minimum Gasteiger partial charge on any atom is -0.297 e. The number of fused-ring (bicyclic) bond motifs is 1. The summed E-state index contributed by atoms with van der Waals surface area (Å²) in [7, 11) is 0. The Hall–Kier alpha value is -2.38. The van der Waals surface area contributed by atoms with Crippen molar-refractivity contribution in [3.8, 4) is 0 Å². The molecular weight excluding hydrogens is 285 g/mol. The van der Waals surface area contributed by atoms with Gasteiger partial charge in [-0.25, -0.2) is 13.2 Å². The molecule has 0 aliphatic carbocycles. The standard InChI is InChI=1S/C13H11F3N4O/c14-8-5-4-7(10(15)11(8)16)12(21)17-13-19-18-9-3-1-2-6-20(9)13/h4-5H,1-3,6H2,(H,17,19,21). The Morgan fingerprint density at radius 3 is 2.76 bits per heavy atom. The van der Waals surface area contributed by atoms with Crippen LogP contribution < -0.4 is 5.32 Å². The van der Waals surface area contributed by atoms with Gasteiger partial charge in [-0.05, 0) is 25.0 Å². The molecule has 0 unspecified atom stereocenters. The number of rotatable bonds is 2. The molecule has 1 aromatic heterocycles. The van der Waals surface area contributed by atoms with Crippen LogP contribution in [0, 0.1) is 17.5 Å². The van der Waals surface area contributed by atoms with Gasteiger partial charge in [-0.15, -0.1) is 10.2 Å². The van der Waals surface area contributed by atoms with Crippen LogP contribution in [0.4, 0.5) is 19.1 Å². The van der Waals surface area contributed by atoms with Crippen LogP contribution in [0.5, 0.6) is 0 Å². The van der Waals surface area contributed by atoms with Gasteiger partial charge >= 0.3 is 0 Å². The van der Waals surface area contributed by atoms with E-state index in [9.17, 15) is 18.0 Å². The zero-order valence-corrected chi connectivity index (χ0v) is 10.9. The fourth-order valence-corrected chi connectivity index (χ4v) is 2.27. The molecule has 3 rings (SSSR count). The number of carbonyl (C=O) groups is 1. The molecule has 0 saturated heterocycles. The summed E-state index contributed by atoms with van der Waals surface area (Å²) in [6.07, 6.45) is 2.67. The van der Waals surface area contributed by atoms with E-state index < -0.39 is 28.9 Å². The van der Waals surface area contributed by atoms with Gasteiger partial charge in [-0.3, -0.25) is 14.7 Å². The SMILES string of the molecule is O=C(Nc1nnc2n1CCCC2)c1ccc(F)c(F)c1F. The molecule has 110 valence electrons. The number of nitrogens with one attached hydrogen (secondary N) is 1. The fourth-order valence-electron chi connectivity index (χ4n) is 2.27. The van der Waals surface area contributed by atoms with Crippen LogP contribution in [0.1, 0.15) is 29.0 Å². The topological polar surface area (TPSA) is 59.8 Å². The number of aromatic nitrogens is 3. The fraction of sp³-hybridized carbons (Fsp3) is 0.308. The Labute approximate surface area is 117 Å². The van der Waals surface area contributed by atoms with Gasteiger partial charge in [0.15, 0.2) is 17.5 Å². The van der Waals surface area contributed by atoms with Crippen molar-refractivity contribution < 1.29 is 18.0 Å². The number of hydrogen-bond donors (Lipinski definition) is 1. The van der Waals surface area contributed by atoms with E-state index in [0.29, 0.717) is 12.6 Å². The van der Waals surface area contributed by atoms with E-state index in [4.69, 9.17) is 0 Å². The highest BCUT2D eigenvalue weighted by Gasteiger charge is 2.22. The van der Waals surface area contributed by atoms with Crippen LogP contribution in [-0.4, -0.2) is 20.7 Å². The van der Waals surface area contributed by atoms with Gasteiger partial charge in [0.2, 0.25) is 5.95 Å². The van der Waals surface area contributed by atoms with E-state index in [1.807, 2.05) is 0 Å². The normalized spacial score (nSPS) is 13.9. The van der Waals surface area contributed by atoms with Crippen molar-refractivity contribution in [2.75, 3.05) is 5.32 Å². The molecule has 2 heterocycles. The number of carbonyl (C=O) groups excluding carboxylic acids is 1. The summed E-state index contributed by atoms with van der Waals surface area (Å²) in [5.74, 6) is -4.52. The number of hydrogen-bond acceptors (Lipinski definition) is 3. The maximum atomic E-state index is 13.6. The van der Waals surface area contributed by atoms with Crippen molar-refractivity contribution in [1.82, 2.24) is 14.8 Å². The summed E-state index contributed by atoms with van der Waals surface area (Å²) < 4.78 is 41.3. The Morgan fingerprint density at radius 1 is 1.14 bits per heavy atom. The summed E-state index contributed by atoms with van der Waals surface area (Å²) >= 11 is 0. The third-order valence-corrected chi connectivity index (χ3v) is 3.36. The van der Waals surface area contributed by atoms with Gasteiger partial charge < -0.3 is 0 Å². The lowest BCUT2D eigenvalue weighted by atomic mass is 10.1.